The summed E-state index contributed by atoms with van der Waals surface area (Å²) in [5.74, 6) is 0. The topological polar surface area (TPSA) is 38.0 Å². The quantitative estimate of drug-likeness (QED) is 0.855. The van der Waals surface area contributed by atoms with Crippen molar-refractivity contribution in [1.82, 2.24) is 0 Å². The molecule has 0 bridgehead atoms. The molecule has 0 radical (unpaired) electrons. The first-order valence-electron chi connectivity index (χ1n) is 5.38. The Morgan fingerprint density at radius 3 is 2.41 bits per heavy atom. The molecule has 0 heterocycles. The van der Waals surface area contributed by atoms with Gasteiger partial charge in [0.15, 0.2) is 0 Å². The Morgan fingerprint density at radius 2 is 1.88 bits per heavy atom. The molecule has 1 aromatic rings. The van der Waals surface area contributed by atoms with Crippen molar-refractivity contribution in [3.63, 3.8) is 0 Å². The van der Waals surface area contributed by atoms with E-state index in [0.717, 1.165) is 12.1 Å². The zero-order chi connectivity index (χ0) is 13.1. The number of anilines is 1. The second-order valence-electron chi connectivity index (χ2n) is 4.74. The van der Waals surface area contributed by atoms with Crippen LogP contribution < -0.4 is 11.1 Å². The lowest BCUT2D eigenvalue weighted by Crippen LogP contribution is -2.34. The summed E-state index contributed by atoms with van der Waals surface area (Å²) in [4.78, 5) is 0. The third-order valence-corrected chi connectivity index (χ3v) is 2.29. The van der Waals surface area contributed by atoms with Crippen LogP contribution in [-0.2, 0) is 6.18 Å². The molecule has 3 N–H and O–H groups in total. The van der Waals surface area contributed by atoms with Gasteiger partial charge in [-0.25, -0.2) is 0 Å². The van der Waals surface area contributed by atoms with Gasteiger partial charge in [0.2, 0.25) is 0 Å². The predicted molar refractivity (Wildman–Crippen MR) is 62.8 cm³/mol. The Morgan fingerprint density at radius 1 is 1.24 bits per heavy atom. The molecule has 1 rings (SSSR count). The van der Waals surface area contributed by atoms with E-state index in [-0.39, 0.29) is 5.54 Å². The fourth-order valence-corrected chi connectivity index (χ4v) is 1.33. The highest BCUT2D eigenvalue weighted by Crippen LogP contribution is 2.30. The van der Waals surface area contributed by atoms with Crippen LogP contribution in [0.5, 0.6) is 0 Å². The van der Waals surface area contributed by atoms with Crippen LogP contribution in [-0.4, -0.2) is 12.1 Å². The first-order chi connectivity index (χ1) is 7.68. The summed E-state index contributed by atoms with van der Waals surface area (Å²) in [6.07, 6.45) is -3.62. The summed E-state index contributed by atoms with van der Waals surface area (Å²) in [7, 11) is 0. The number of rotatable bonds is 4. The number of benzene rings is 1. The SMILES string of the molecule is CC(C)(N)CCNc1cccc(C(F)(F)F)c1. The lowest BCUT2D eigenvalue weighted by molar-refractivity contribution is -0.137. The highest BCUT2D eigenvalue weighted by molar-refractivity contribution is 5.46. The first kappa shape index (κ1) is 13.8. The molecule has 0 unspecified atom stereocenters. The Hall–Kier alpha value is -1.23. The molecule has 0 saturated heterocycles. The molecular weight excluding hydrogens is 229 g/mol. The molecule has 0 aliphatic carbocycles. The smallest absolute Gasteiger partial charge is 0.385 e. The second kappa shape index (κ2) is 4.96. The predicted octanol–water partition coefficient (Wildman–Crippen LogP) is 3.24. The molecule has 5 heteroatoms. The molecule has 0 aromatic heterocycles. The van der Waals surface area contributed by atoms with E-state index in [9.17, 15) is 13.2 Å². The van der Waals surface area contributed by atoms with Gasteiger partial charge >= 0.3 is 6.18 Å². The van der Waals surface area contributed by atoms with E-state index in [1.807, 2.05) is 13.8 Å². The van der Waals surface area contributed by atoms with Crippen molar-refractivity contribution in [3.8, 4) is 0 Å². The van der Waals surface area contributed by atoms with Crippen LogP contribution in [0.15, 0.2) is 24.3 Å². The summed E-state index contributed by atoms with van der Waals surface area (Å²) >= 11 is 0. The average Bonchev–Trinajstić information content (AvgIpc) is 2.15. The number of hydrogen-bond acceptors (Lipinski definition) is 2. The number of nitrogens with one attached hydrogen (secondary N) is 1. The first-order valence-corrected chi connectivity index (χ1v) is 5.38. The van der Waals surface area contributed by atoms with Gasteiger partial charge in [0.05, 0.1) is 5.56 Å². The van der Waals surface area contributed by atoms with E-state index in [2.05, 4.69) is 5.32 Å². The maximum absolute atomic E-state index is 12.4. The van der Waals surface area contributed by atoms with Crippen LogP contribution in [0, 0.1) is 0 Å². The second-order valence-corrected chi connectivity index (χ2v) is 4.74. The molecular formula is C12H17F3N2. The average molecular weight is 246 g/mol. The zero-order valence-corrected chi connectivity index (χ0v) is 9.93. The van der Waals surface area contributed by atoms with Crippen LogP contribution in [0.2, 0.25) is 0 Å². The standard InChI is InChI=1S/C12H17F3N2/c1-11(2,16)6-7-17-10-5-3-4-9(8-10)12(13,14)15/h3-5,8,17H,6-7,16H2,1-2H3. The van der Waals surface area contributed by atoms with Gasteiger partial charge < -0.3 is 11.1 Å². The van der Waals surface area contributed by atoms with Crippen molar-refractivity contribution < 1.29 is 13.2 Å². The minimum atomic E-state index is -4.30. The summed E-state index contributed by atoms with van der Waals surface area (Å²) in [6, 6.07) is 5.15. The Kier molecular flexibility index (Phi) is 4.03. The molecule has 0 aliphatic rings. The molecule has 17 heavy (non-hydrogen) atoms. The summed E-state index contributed by atoms with van der Waals surface area (Å²) in [5.41, 5.74) is 5.27. The van der Waals surface area contributed by atoms with Gasteiger partial charge in [0.1, 0.15) is 0 Å². The lowest BCUT2D eigenvalue weighted by Gasteiger charge is -2.19. The number of halogens is 3. The molecule has 0 spiro atoms. The summed E-state index contributed by atoms with van der Waals surface area (Å²) in [6.45, 7) is 4.30. The number of hydrogen-bond donors (Lipinski definition) is 2. The third kappa shape index (κ3) is 5.08. The summed E-state index contributed by atoms with van der Waals surface area (Å²) in [5, 5.41) is 2.93. The van der Waals surface area contributed by atoms with Gasteiger partial charge in [-0.1, -0.05) is 6.07 Å². The van der Waals surface area contributed by atoms with Crippen LogP contribution in [0.4, 0.5) is 18.9 Å². The minimum Gasteiger partial charge on any atom is -0.385 e. The molecule has 2 nitrogen and oxygen atoms in total. The van der Waals surface area contributed by atoms with E-state index < -0.39 is 11.7 Å². The molecule has 1 aromatic carbocycles. The molecule has 0 amide bonds. The zero-order valence-electron chi connectivity index (χ0n) is 9.93. The van der Waals surface area contributed by atoms with Gasteiger partial charge in [0, 0.05) is 17.8 Å². The lowest BCUT2D eigenvalue weighted by atomic mass is 10.0. The normalized spacial score (nSPS) is 12.6. The van der Waals surface area contributed by atoms with E-state index in [1.165, 1.54) is 6.07 Å². The molecule has 0 fully saturated rings. The van der Waals surface area contributed by atoms with E-state index in [1.54, 1.807) is 6.07 Å². The summed E-state index contributed by atoms with van der Waals surface area (Å²) < 4.78 is 37.3. The van der Waals surface area contributed by atoms with Gasteiger partial charge in [-0.3, -0.25) is 0 Å². The van der Waals surface area contributed by atoms with Crippen molar-refractivity contribution in [2.24, 2.45) is 5.73 Å². The highest BCUT2D eigenvalue weighted by atomic mass is 19.4. The molecule has 0 saturated carbocycles. The van der Waals surface area contributed by atoms with Crippen molar-refractivity contribution in [2.75, 3.05) is 11.9 Å². The monoisotopic (exact) mass is 246 g/mol. The van der Waals surface area contributed by atoms with Crippen LogP contribution in [0.3, 0.4) is 0 Å². The van der Waals surface area contributed by atoms with Crippen molar-refractivity contribution in [3.05, 3.63) is 29.8 Å². The van der Waals surface area contributed by atoms with Crippen LogP contribution in [0.1, 0.15) is 25.8 Å². The van der Waals surface area contributed by atoms with Gasteiger partial charge in [0.25, 0.3) is 0 Å². The van der Waals surface area contributed by atoms with E-state index >= 15 is 0 Å². The minimum absolute atomic E-state index is 0.325. The van der Waals surface area contributed by atoms with Crippen LogP contribution in [0.25, 0.3) is 0 Å². The molecule has 0 atom stereocenters. The Bertz CT molecular complexity index is 367. The Labute approximate surface area is 99.0 Å². The van der Waals surface area contributed by atoms with Crippen LogP contribution >= 0.6 is 0 Å². The van der Waals surface area contributed by atoms with E-state index in [0.29, 0.717) is 18.7 Å². The Balaban J connectivity index is 2.61. The van der Waals surface area contributed by atoms with Crippen molar-refractivity contribution in [2.45, 2.75) is 32.0 Å². The van der Waals surface area contributed by atoms with Crippen molar-refractivity contribution in [1.29, 1.82) is 0 Å². The highest BCUT2D eigenvalue weighted by Gasteiger charge is 2.30. The van der Waals surface area contributed by atoms with Crippen molar-refractivity contribution >= 4 is 5.69 Å². The molecule has 0 aliphatic heterocycles. The van der Waals surface area contributed by atoms with E-state index in [4.69, 9.17) is 5.73 Å². The fourth-order valence-electron chi connectivity index (χ4n) is 1.33. The van der Waals surface area contributed by atoms with Gasteiger partial charge in [-0.2, -0.15) is 13.2 Å². The van der Waals surface area contributed by atoms with Gasteiger partial charge in [-0.05, 0) is 38.5 Å². The maximum Gasteiger partial charge on any atom is 0.416 e. The largest absolute Gasteiger partial charge is 0.416 e. The fraction of sp³-hybridized carbons (Fsp3) is 0.500. The molecule has 96 valence electrons. The maximum atomic E-state index is 12.4. The number of nitrogens with two attached hydrogens (primary N) is 1. The number of alkyl halides is 3. The van der Waals surface area contributed by atoms with Gasteiger partial charge in [-0.15, -0.1) is 0 Å². The third-order valence-electron chi connectivity index (χ3n) is 2.29.